The van der Waals surface area contributed by atoms with E-state index in [4.69, 9.17) is 9.47 Å². The maximum Gasteiger partial charge on any atom is 0.410 e. The summed E-state index contributed by atoms with van der Waals surface area (Å²) in [4.78, 5) is 48.8. The number of ether oxygens (including phenoxy) is 2. The van der Waals surface area contributed by atoms with Crippen LogP contribution >= 0.6 is 22.7 Å². The third kappa shape index (κ3) is 9.78. The van der Waals surface area contributed by atoms with Crippen LogP contribution in [0.5, 0.6) is 0 Å². The standard InChI is InChI=1S/C37H34N6O4S2/c44-36(46-24-32-20-38-26-48-32)42(22-28-8-12-30(13-9-28)34-6-1-3-16-40-34)18-5-19-43(37(45)47-25-33-21-39-27-49-33)23-29-10-14-31(15-11-29)35-7-2-4-17-41-35/h1-4,6-17,20-21,26-27H,5,18-19,22-25H2. The Morgan fingerprint density at radius 2 is 1.04 bits per heavy atom. The van der Waals surface area contributed by atoms with Gasteiger partial charge in [0.2, 0.25) is 0 Å². The summed E-state index contributed by atoms with van der Waals surface area (Å²) in [5.41, 5.74) is 9.05. The molecule has 0 unspecified atom stereocenters. The monoisotopic (exact) mass is 690 g/mol. The Morgan fingerprint density at radius 3 is 1.41 bits per heavy atom. The van der Waals surface area contributed by atoms with Gasteiger partial charge in [-0.1, -0.05) is 60.7 Å². The van der Waals surface area contributed by atoms with Crippen LogP contribution in [0.25, 0.3) is 22.5 Å². The van der Waals surface area contributed by atoms with E-state index in [-0.39, 0.29) is 13.2 Å². The normalized spacial score (nSPS) is 10.8. The number of thiazole rings is 2. The molecule has 0 spiro atoms. The Kier molecular flexibility index (Phi) is 11.7. The minimum atomic E-state index is -0.438. The molecule has 49 heavy (non-hydrogen) atoms. The lowest BCUT2D eigenvalue weighted by atomic mass is 10.1. The molecule has 248 valence electrons. The van der Waals surface area contributed by atoms with Crippen molar-refractivity contribution in [2.75, 3.05) is 13.1 Å². The first-order valence-corrected chi connectivity index (χ1v) is 17.5. The van der Waals surface area contributed by atoms with Crippen LogP contribution in [-0.4, -0.2) is 55.0 Å². The summed E-state index contributed by atoms with van der Waals surface area (Å²) < 4.78 is 11.3. The largest absolute Gasteiger partial charge is 0.444 e. The molecule has 0 saturated carbocycles. The number of hydrogen-bond acceptors (Lipinski definition) is 10. The Bertz CT molecular complexity index is 1730. The minimum Gasteiger partial charge on any atom is -0.444 e. The van der Waals surface area contributed by atoms with Crippen molar-refractivity contribution in [2.45, 2.75) is 32.7 Å². The number of aromatic nitrogens is 4. The highest BCUT2D eigenvalue weighted by Crippen LogP contribution is 2.21. The third-order valence-electron chi connectivity index (χ3n) is 7.59. The lowest BCUT2D eigenvalue weighted by Crippen LogP contribution is -2.36. The van der Waals surface area contributed by atoms with Crippen LogP contribution in [0.2, 0.25) is 0 Å². The Morgan fingerprint density at radius 1 is 0.592 bits per heavy atom. The molecule has 0 aliphatic carbocycles. The number of rotatable bonds is 14. The minimum absolute atomic E-state index is 0.142. The fourth-order valence-corrected chi connectivity index (χ4v) is 6.08. The molecule has 0 saturated heterocycles. The van der Waals surface area contributed by atoms with E-state index in [9.17, 15) is 9.59 Å². The van der Waals surface area contributed by atoms with Crippen LogP contribution in [0.4, 0.5) is 9.59 Å². The van der Waals surface area contributed by atoms with Crippen molar-refractivity contribution in [3.05, 3.63) is 142 Å². The first-order valence-electron chi connectivity index (χ1n) is 15.7. The van der Waals surface area contributed by atoms with Gasteiger partial charge in [0.1, 0.15) is 13.2 Å². The first kappa shape index (κ1) is 33.4. The summed E-state index contributed by atoms with van der Waals surface area (Å²) in [5.74, 6) is 0. The summed E-state index contributed by atoms with van der Waals surface area (Å²) in [6, 6.07) is 27.5. The molecular weight excluding hydrogens is 657 g/mol. The molecule has 0 N–H and O–H groups in total. The van der Waals surface area contributed by atoms with Crippen LogP contribution in [-0.2, 0) is 35.8 Å². The maximum atomic E-state index is 13.4. The van der Waals surface area contributed by atoms with Crippen molar-refractivity contribution in [1.82, 2.24) is 29.7 Å². The highest BCUT2D eigenvalue weighted by molar-refractivity contribution is 7.09. The molecule has 12 heteroatoms. The van der Waals surface area contributed by atoms with Gasteiger partial charge in [0.05, 0.1) is 32.2 Å². The van der Waals surface area contributed by atoms with Crippen molar-refractivity contribution in [1.29, 1.82) is 0 Å². The van der Waals surface area contributed by atoms with Gasteiger partial charge in [-0.15, -0.1) is 22.7 Å². The third-order valence-corrected chi connectivity index (χ3v) is 9.10. The summed E-state index contributed by atoms with van der Waals surface area (Å²) in [6.45, 7) is 1.69. The zero-order valence-corrected chi connectivity index (χ0v) is 28.3. The number of carbonyl (C=O) groups is 2. The van der Waals surface area contributed by atoms with E-state index in [0.717, 1.165) is 43.4 Å². The van der Waals surface area contributed by atoms with Gasteiger partial charge in [-0.3, -0.25) is 19.9 Å². The molecule has 6 rings (SSSR count). The second-order valence-electron chi connectivity index (χ2n) is 11.1. The Balaban J connectivity index is 1.13. The van der Waals surface area contributed by atoms with E-state index in [1.807, 2.05) is 84.9 Å². The van der Waals surface area contributed by atoms with Gasteiger partial charge in [0, 0.05) is 62.1 Å². The fourth-order valence-electron chi connectivity index (χ4n) is 5.07. The molecule has 0 bridgehead atoms. The van der Waals surface area contributed by atoms with Gasteiger partial charge in [0.25, 0.3) is 0 Å². The van der Waals surface area contributed by atoms with Crippen molar-refractivity contribution in [3.63, 3.8) is 0 Å². The molecule has 0 radical (unpaired) electrons. The van der Waals surface area contributed by atoms with E-state index in [0.29, 0.717) is 32.6 Å². The van der Waals surface area contributed by atoms with Gasteiger partial charge >= 0.3 is 12.2 Å². The zero-order valence-electron chi connectivity index (χ0n) is 26.6. The van der Waals surface area contributed by atoms with E-state index in [1.54, 1.807) is 45.6 Å². The molecule has 4 heterocycles. The second-order valence-corrected chi connectivity index (χ2v) is 13.0. The smallest absolute Gasteiger partial charge is 0.410 e. The lowest BCUT2D eigenvalue weighted by Gasteiger charge is -2.26. The van der Waals surface area contributed by atoms with Crippen molar-refractivity contribution in [3.8, 4) is 22.5 Å². The van der Waals surface area contributed by atoms with Crippen LogP contribution in [0.15, 0.2) is 121 Å². The molecule has 0 fully saturated rings. The van der Waals surface area contributed by atoms with Crippen LogP contribution in [0.3, 0.4) is 0 Å². The van der Waals surface area contributed by atoms with Gasteiger partial charge in [-0.25, -0.2) is 9.59 Å². The SMILES string of the molecule is O=C(OCc1cncs1)N(CCCN(Cc1ccc(-c2ccccn2)cc1)C(=O)OCc1cncs1)Cc1ccc(-c2ccccn2)cc1. The summed E-state index contributed by atoms with van der Waals surface area (Å²) in [7, 11) is 0. The lowest BCUT2D eigenvalue weighted by molar-refractivity contribution is 0.0850. The van der Waals surface area contributed by atoms with Gasteiger partial charge in [-0.2, -0.15) is 0 Å². The molecular formula is C37H34N6O4S2. The topological polar surface area (TPSA) is 111 Å². The van der Waals surface area contributed by atoms with Gasteiger partial charge < -0.3 is 19.3 Å². The van der Waals surface area contributed by atoms with E-state index < -0.39 is 12.2 Å². The number of nitrogens with zero attached hydrogens (tertiary/aromatic N) is 6. The van der Waals surface area contributed by atoms with E-state index in [1.165, 1.54) is 22.7 Å². The quantitative estimate of drug-likeness (QED) is 0.113. The van der Waals surface area contributed by atoms with Crippen molar-refractivity contribution < 1.29 is 19.1 Å². The van der Waals surface area contributed by atoms with Crippen LogP contribution in [0.1, 0.15) is 27.3 Å². The number of hydrogen-bond donors (Lipinski definition) is 0. The predicted molar refractivity (Wildman–Crippen MR) is 189 cm³/mol. The molecule has 0 aliphatic rings. The zero-order chi connectivity index (χ0) is 33.7. The molecule has 10 nitrogen and oxygen atoms in total. The highest BCUT2D eigenvalue weighted by Gasteiger charge is 2.20. The highest BCUT2D eigenvalue weighted by atomic mass is 32.1. The number of amides is 2. The molecule has 2 amide bonds. The van der Waals surface area contributed by atoms with Crippen molar-refractivity contribution >= 4 is 34.9 Å². The average molecular weight is 691 g/mol. The number of benzene rings is 2. The average Bonchev–Trinajstić information content (AvgIpc) is 3.89. The summed E-state index contributed by atoms with van der Waals surface area (Å²) in [6.07, 6.45) is 6.54. The molecule has 6 aromatic rings. The number of pyridine rings is 2. The Hall–Kier alpha value is -5.46. The van der Waals surface area contributed by atoms with Gasteiger partial charge in [0.15, 0.2) is 0 Å². The maximum absolute atomic E-state index is 13.4. The second kappa shape index (κ2) is 17.1. The predicted octanol–water partition coefficient (Wildman–Crippen LogP) is 8.09. The summed E-state index contributed by atoms with van der Waals surface area (Å²) in [5, 5.41) is 0. The molecule has 4 aromatic heterocycles. The van der Waals surface area contributed by atoms with Crippen LogP contribution < -0.4 is 0 Å². The first-order chi connectivity index (χ1) is 24.1. The fraction of sp³-hybridized carbons (Fsp3) is 0.189. The molecule has 2 aromatic carbocycles. The van der Waals surface area contributed by atoms with Crippen molar-refractivity contribution in [2.24, 2.45) is 0 Å². The van der Waals surface area contributed by atoms with Gasteiger partial charge in [-0.05, 0) is 41.8 Å². The molecule has 0 aliphatic heterocycles. The van der Waals surface area contributed by atoms with E-state index in [2.05, 4.69) is 19.9 Å². The van der Waals surface area contributed by atoms with E-state index >= 15 is 0 Å². The Labute approximate surface area is 292 Å². The summed E-state index contributed by atoms with van der Waals surface area (Å²) >= 11 is 2.86. The molecule has 0 atom stereocenters. The van der Waals surface area contributed by atoms with Crippen LogP contribution in [0, 0.1) is 0 Å². The number of carbonyl (C=O) groups excluding carboxylic acids is 2.